The Morgan fingerprint density at radius 1 is 0.760 bits per heavy atom. The molecule has 0 radical (unpaired) electrons. The number of amides is 1. The van der Waals surface area contributed by atoms with Crippen LogP contribution in [0.5, 0.6) is 0 Å². The zero-order valence-corrected chi connectivity index (χ0v) is 14.0. The molecule has 124 valence electrons. The molecule has 25 heavy (non-hydrogen) atoms. The van der Waals surface area contributed by atoms with Gasteiger partial charge < -0.3 is 5.32 Å². The molecule has 3 heteroatoms. The van der Waals surface area contributed by atoms with Gasteiger partial charge in [-0.25, -0.2) is 0 Å². The van der Waals surface area contributed by atoms with Crippen molar-refractivity contribution in [2.24, 2.45) is 0 Å². The molecule has 1 amide bonds. The SMILES string of the molecule is CC(=O)c1ccccc1NC(=O)c1ccccc1Cc1ccccc1. The maximum absolute atomic E-state index is 12.8. The molecule has 0 saturated carbocycles. The van der Waals surface area contributed by atoms with Crippen LogP contribution in [-0.4, -0.2) is 11.7 Å². The molecule has 3 rings (SSSR count). The highest BCUT2D eigenvalue weighted by molar-refractivity contribution is 6.09. The van der Waals surface area contributed by atoms with Crippen LogP contribution in [0.4, 0.5) is 5.69 Å². The fraction of sp³-hybridized carbons (Fsp3) is 0.0909. The van der Waals surface area contributed by atoms with Crippen LogP contribution in [0.2, 0.25) is 0 Å². The molecule has 0 aromatic heterocycles. The maximum atomic E-state index is 12.8. The standard InChI is InChI=1S/C22H19NO2/c1-16(24)19-12-7-8-14-21(19)23-22(25)20-13-6-5-11-18(20)15-17-9-3-2-4-10-17/h2-14H,15H2,1H3,(H,23,25). The molecule has 0 atom stereocenters. The van der Waals surface area contributed by atoms with Gasteiger partial charge in [0.25, 0.3) is 5.91 Å². The first-order valence-corrected chi connectivity index (χ1v) is 8.18. The summed E-state index contributed by atoms with van der Waals surface area (Å²) >= 11 is 0. The van der Waals surface area contributed by atoms with E-state index in [2.05, 4.69) is 5.32 Å². The average Bonchev–Trinajstić information content (AvgIpc) is 2.63. The summed E-state index contributed by atoms with van der Waals surface area (Å²) in [5, 5.41) is 2.87. The zero-order chi connectivity index (χ0) is 17.6. The van der Waals surface area contributed by atoms with E-state index >= 15 is 0 Å². The molecular formula is C22H19NO2. The number of anilines is 1. The van der Waals surface area contributed by atoms with Crippen LogP contribution in [-0.2, 0) is 6.42 Å². The van der Waals surface area contributed by atoms with Crippen molar-refractivity contribution in [3.8, 4) is 0 Å². The number of ketones is 1. The van der Waals surface area contributed by atoms with Crippen molar-refractivity contribution >= 4 is 17.4 Å². The summed E-state index contributed by atoms with van der Waals surface area (Å²) in [6.45, 7) is 1.49. The number of para-hydroxylation sites is 1. The molecular weight excluding hydrogens is 310 g/mol. The van der Waals surface area contributed by atoms with Crippen LogP contribution in [0.3, 0.4) is 0 Å². The van der Waals surface area contributed by atoms with Gasteiger partial charge in [0.2, 0.25) is 0 Å². The third-order valence-electron chi connectivity index (χ3n) is 4.05. The minimum Gasteiger partial charge on any atom is -0.321 e. The normalized spacial score (nSPS) is 10.3. The fourth-order valence-corrected chi connectivity index (χ4v) is 2.80. The van der Waals surface area contributed by atoms with Crippen molar-refractivity contribution in [1.82, 2.24) is 0 Å². The van der Waals surface area contributed by atoms with Gasteiger partial charge in [-0.3, -0.25) is 9.59 Å². The van der Waals surface area contributed by atoms with Crippen molar-refractivity contribution in [2.45, 2.75) is 13.3 Å². The first-order valence-electron chi connectivity index (χ1n) is 8.18. The van der Waals surface area contributed by atoms with Gasteiger partial charge in [-0.2, -0.15) is 0 Å². The number of rotatable bonds is 5. The topological polar surface area (TPSA) is 46.2 Å². The molecule has 0 heterocycles. The van der Waals surface area contributed by atoms with Gasteiger partial charge in [-0.15, -0.1) is 0 Å². The molecule has 0 bridgehead atoms. The molecule has 3 aromatic rings. The molecule has 0 fully saturated rings. The molecule has 0 aliphatic heterocycles. The zero-order valence-electron chi connectivity index (χ0n) is 14.0. The number of hydrogen-bond acceptors (Lipinski definition) is 2. The third-order valence-corrected chi connectivity index (χ3v) is 4.05. The van der Waals surface area contributed by atoms with Crippen LogP contribution < -0.4 is 5.32 Å². The number of benzene rings is 3. The third kappa shape index (κ3) is 4.01. The van der Waals surface area contributed by atoms with Crippen LogP contribution in [0, 0.1) is 0 Å². The van der Waals surface area contributed by atoms with Crippen LogP contribution in [0.1, 0.15) is 38.8 Å². The quantitative estimate of drug-likeness (QED) is 0.688. The number of nitrogens with one attached hydrogen (secondary N) is 1. The summed E-state index contributed by atoms with van der Waals surface area (Å²) < 4.78 is 0. The number of carbonyl (C=O) groups is 2. The summed E-state index contributed by atoms with van der Waals surface area (Å²) in [5.74, 6) is -0.284. The number of Topliss-reactive ketones (excluding diaryl/α,β-unsaturated/α-hetero) is 1. The Balaban J connectivity index is 1.87. The van der Waals surface area contributed by atoms with Gasteiger partial charge in [0, 0.05) is 11.1 Å². The minimum atomic E-state index is -0.208. The first kappa shape index (κ1) is 16.7. The molecule has 3 aromatic carbocycles. The Hall–Kier alpha value is -3.20. The maximum Gasteiger partial charge on any atom is 0.255 e. The van der Waals surface area contributed by atoms with Crippen LogP contribution >= 0.6 is 0 Å². The van der Waals surface area contributed by atoms with E-state index in [1.807, 2.05) is 54.6 Å². The Bertz CT molecular complexity index is 901. The van der Waals surface area contributed by atoms with Crippen molar-refractivity contribution < 1.29 is 9.59 Å². The predicted molar refractivity (Wildman–Crippen MR) is 100 cm³/mol. The Kier molecular flexibility index (Phi) is 5.05. The van der Waals surface area contributed by atoms with E-state index < -0.39 is 0 Å². The molecule has 0 spiro atoms. The highest BCUT2D eigenvalue weighted by atomic mass is 16.1. The number of hydrogen-bond donors (Lipinski definition) is 1. The Morgan fingerprint density at radius 3 is 2.08 bits per heavy atom. The second-order valence-corrected chi connectivity index (χ2v) is 5.88. The Morgan fingerprint density at radius 2 is 1.36 bits per heavy atom. The van der Waals surface area contributed by atoms with Gasteiger partial charge in [-0.05, 0) is 42.7 Å². The fourth-order valence-electron chi connectivity index (χ4n) is 2.80. The number of carbonyl (C=O) groups excluding carboxylic acids is 2. The predicted octanol–water partition coefficient (Wildman–Crippen LogP) is 4.73. The summed E-state index contributed by atoms with van der Waals surface area (Å²) in [5.41, 5.74) is 3.76. The van der Waals surface area contributed by atoms with Crippen LogP contribution in [0.25, 0.3) is 0 Å². The summed E-state index contributed by atoms with van der Waals surface area (Å²) in [6, 6.07) is 24.6. The molecule has 0 unspecified atom stereocenters. The van der Waals surface area contributed by atoms with Gasteiger partial charge >= 0.3 is 0 Å². The highest BCUT2D eigenvalue weighted by Crippen LogP contribution is 2.19. The second kappa shape index (κ2) is 7.58. The summed E-state index contributed by atoms with van der Waals surface area (Å²) in [7, 11) is 0. The Labute approximate surface area is 147 Å². The summed E-state index contributed by atoms with van der Waals surface area (Å²) in [4.78, 5) is 24.5. The van der Waals surface area contributed by atoms with Crippen molar-refractivity contribution in [3.05, 3.63) is 101 Å². The molecule has 0 aliphatic rings. The lowest BCUT2D eigenvalue weighted by Crippen LogP contribution is -2.16. The lowest BCUT2D eigenvalue weighted by Gasteiger charge is -2.12. The smallest absolute Gasteiger partial charge is 0.255 e. The molecule has 3 nitrogen and oxygen atoms in total. The molecule has 0 aliphatic carbocycles. The van der Waals surface area contributed by atoms with Gasteiger partial charge in [-0.1, -0.05) is 60.7 Å². The van der Waals surface area contributed by atoms with Gasteiger partial charge in [0.05, 0.1) is 5.69 Å². The minimum absolute atomic E-state index is 0.0755. The van der Waals surface area contributed by atoms with E-state index in [1.165, 1.54) is 6.92 Å². The lowest BCUT2D eigenvalue weighted by atomic mass is 9.99. The second-order valence-electron chi connectivity index (χ2n) is 5.88. The van der Waals surface area contributed by atoms with E-state index in [4.69, 9.17) is 0 Å². The molecule has 1 N–H and O–H groups in total. The van der Waals surface area contributed by atoms with E-state index in [0.29, 0.717) is 23.2 Å². The highest BCUT2D eigenvalue weighted by Gasteiger charge is 2.14. The monoisotopic (exact) mass is 329 g/mol. The molecule has 0 saturated heterocycles. The van der Waals surface area contributed by atoms with Gasteiger partial charge in [0.15, 0.2) is 5.78 Å². The first-order chi connectivity index (χ1) is 12.1. The van der Waals surface area contributed by atoms with E-state index in [-0.39, 0.29) is 11.7 Å². The average molecular weight is 329 g/mol. The summed E-state index contributed by atoms with van der Waals surface area (Å²) in [6.07, 6.45) is 0.679. The van der Waals surface area contributed by atoms with Crippen molar-refractivity contribution in [1.29, 1.82) is 0 Å². The largest absolute Gasteiger partial charge is 0.321 e. The van der Waals surface area contributed by atoms with E-state index in [9.17, 15) is 9.59 Å². The van der Waals surface area contributed by atoms with Crippen molar-refractivity contribution in [3.63, 3.8) is 0 Å². The van der Waals surface area contributed by atoms with E-state index in [1.54, 1.807) is 24.3 Å². The van der Waals surface area contributed by atoms with Crippen LogP contribution in [0.15, 0.2) is 78.9 Å². The van der Waals surface area contributed by atoms with Gasteiger partial charge in [0.1, 0.15) is 0 Å². The lowest BCUT2D eigenvalue weighted by molar-refractivity contribution is 0.101. The van der Waals surface area contributed by atoms with E-state index in [0.717, 1.165) is 11.1 Å². The van der Waals surface area contributed by atoms with Crippen molar-refractivity contribution in [2.75, 3.05) is 5.32 Å².